The predicted octanol–water partition coefficient (Wildman–Crippen LogP) is 6.38. The van der Waals surface area contributed by atoms with E-state index in [2.05, 4.69) is 92.0 Å². The summed E-state index contributed by atoms with van der Waals surface area (Å²) in [7, 11) is 0. The Bertz CT molecular complexity index is 603. The third-order valence-electron chi connectivity index (χ3n) is 3.23. The Hall–Kier alpha value is -0.120. The van der Waals surface area contributed by atoms with Crippen LogP contribution in [0, 0.1) is 13.8 Å². The van der Waals surface area contributed by atoms with Gasteiger partial charge in [0.15, 0.2) is 0 Å². The Morgan fingerprint density at radius 2 is 1.42 bits per heavy atom. The van der Waals surface area contributed by atoms with Crippen LogP contribution in [0.25, 0.3) is 0 Å². The fraction of sp³-hybridized carbons (Fsp3) is 0.250. The Morgan fingerprint density at radius 3 is 2.11 bits per heavy atom. The highest BCUT2D eigenvalue weighted by Crippen LogP contribution is 2.27. The van der Waals surface area contributed by atoms with E-state index >= 15 is 0 Å². The Kier molecular flexibility index (Phi) is 5.27. The minimum Gasteiger partial charge on any atom is -0.0579 e. The Labute approximate surface area is 140 Å². The summed E-state index contributed by atoms with van der Waals surface area (Å²) in [5.41, 5.74) is 5.28. The predicted molar refractivity (Wildman–Crippen MR) is 92.9 cm³/mol. The highest BCUT2D eigenvalue weighted by molar-refractivity contribution is 9.11. The normalized spacial score (nSPS) is 10.8. The highest BCUT2D eigenvalue weighted by atomic mass is 79.9. The van der Waals surface area contributed by atoms with Crippen LogP contribution in [0.3, 0.4) is 0 Å². The van der Waals surface area contributed by atoms with E-state index < -0.39 is 0 Å². The van der Waals surface area contributed by atoms with Crippen molar-refractivity contribution in [1.29, 1.82) is 0 Å². The van der Waals surface area contributed by atoms with Gasteiger partial charge in [-0.05, 0) is 67.1 Å². The maximum absolute atomic E-state index is 3.65. The number of halogens is 3. The van der Waals surface area contributed by atoms with Gasteiger partial charge < -0.3 is 0 Å². The van der Waals surface area contributed by atoms with E-state index in [1.807, 2.05) is 0 Å². The van der Waals surface area contributed by atoms with E-state index in [-0.39, 0.29) is 0 Å². The first-order valence-corrected chi connectivity index (χ1v) is 8.55. The van der Waals surface area contributed by atoms with Crippen LogP contribution in [0.2, 0.25) is 0 Å². The van der Waals surface area contributed by atoms with Gasteiger partial charge in [-0.3, -0.25) is 0 Å². The number of rotatable bonds is 3. The topological polar surface area (TPSA) is 0 Å². The molecule has 0 aliphatic heterocycles. The molecule has 0 heterocycles. The van der Waals surface area contributed by atoms with Gasteiger partial charge in [-0.1, -0.05) is 59.9 Å². The van der Waals surface area contributed by atoms with Gasteiger partial charge in [0, 0.05) is 13.4 Å². The molecule has 2 rings (SSSR count). The lowest BCUT2D eigenvalue weighted by Gasteiger charge is -2.09. The van der Waals surface area contributed by atoms with Gasteiger partial charge in [-0.25, -0.2) is 0 Å². The molecule has 0 N–H and O–H groups in total. The smallest absolute Gasteiger partial charge is 0.0210 e. The molecular weight excluding hydrogens is 432 g/mol. The maximum atomic E-state index is 3.65. The summed E-state index contributed by atoms with van der Waals surface area (Å²) >= 11 is 10.8. The van der Waals surface area contributed by atoms with Crippen LogP contribution >= 0.6 is 47.8 Å². The average Bonchev–Trinajstić information content (AvgIpc) is 2.36. The van der Waals surface area contributed by atoms with Crippen LogP contribution in [0.1, 0.15) is 22.3 Å². The summed E-state index contributed by atoms with van der Waals surface area (Å²) in [6.45, 7) is 4.24. The zero-order valence-corrected chi connectivity index (χ0v) is 15.7. The van der Waals surface area contributed by atoms with Gasteiger partial charge in [0.05, 0.1) is 0 Å². The Morgan fingerprint density at radius 1 is 0.737 bits per heavy atom. The van der Waals surface area contributed by atoms with Crippen molar-refractivity contribution in [1.82, 2.24) is 0 Å². The van der Waals surface area contributed by atoms with E-state index in [9.17, 15) is 0 Å². The SMILES string of the molecule is Cc1cc(CCc2cc(Br)c(C)cc2Br)ccc1Br. The summed E-state index contributed by atoms with van der Waals surface area (Å²) in [6, 6.07) is 11.0. The van der Waals surface area contributed by atoms with Crippen molar-refractivity contribution < 1.29 is 0 Å². The van der Waals surface area contributed by atoms with Crippen LogP contribution in [0.4, 0.5) is 0 Å². The highest BCUT2D eigenvalue weighted by Gasteiger charge is 2.05. The number of aryl methyl sites for hydroxylation is 4. The molecule has 3 heteroatoms. The molecule has 0 atom stereocenters. The minimum atomic E-state index is 1.04. The van der Waals surface area contributed by atoms with Gasteiger partial charge in [-0.15, -0.1) is 0 Å². The van der Waals surface area contributed by atoms with Crippen molar-refractivity contribution in [3.63, 3.8) is 0 Å². The van der Waals surface area contributed by atoms with Gasteiger partial charge in [-0.2, -0.15) is 0 Å². The van der Waals surface area contributed by atoms with Gasteiger partial charge in [0.2, 0.25) is 0 Å². The Balaban J connectivity index is 2.14. The van der Waals surface area contributed by atoms with E-state index in [1.165, 1.54) is 35.7 Å². The van der Waals surface area contributed by atoms with Crippen molar-refractivity contribution in [3.8, 4) is 0 Å². The molecule has 0 spiro atoms. The second-order valence-electron chi connectivity index (χ2n) is 4.78. The first-order valence-electron chi connectivity index (χ1n) is 6.17. The zero-order valence-electron chi connectivity index (χ0n) is 10.9. The standard InChI is InChI=1S/C16H15Br3/c1-10-7-12(4-6-14(10)17)3-5-13-9-15(18)11(2)8-16(13)19/h4,6-9H,3,5H2,1-2H3. The molecule has 0 fully saturated rings. The van der Waals surface area contributed by atoms with E-state index in [4.69, 9.17) is 0 Å². The van der Waals surface area contributed by atoms with Gasteiger partial charge in [0.1, 0.15) is 0 Å². The molecule has 0 aliphatic carbocycles. The molecule has 100 valence electrons. The van der Waals surface area contributed by atoms with E-state index in [0.29, 0.717) is 0 Å². The third-order valence-corrected chi connectivity index (χ3v) is 5.72. The van der Waals surface area contributed by atoms with E-state index in [0.717, 1.165) is 12.8 Å². The van der Waals surface area contributed by atoms with Crippen LogP contribution < -0.4 is 0 Å². The van der Waals surface area contributed by atoms with Crippen LogP contribution in [0.5, 0.6) is 0 Å². The number of hydrogen-bond acceptors (Lipinski definition) is 0. The minimum absolute atomic E-state index is 1.04. The fourth-order valence-corrected chi connectivity index (χ4v) is 3.31. The molecule has 0 saturated carbocycles. The quantitative estimate of drug-likeness (QED) is 0.513. The largest absolute Gasteiger partial charge is 0.0579 e. The first-order chi connectivity index (χ1) is 8.97. The molecular formula is C16H15Br3. The molecule has 0 nitrogen and oxygen atoms in total. The summed E-state index contributed by atoms with van der Waals surface area (Å²) in [4.78, 5) is 0. The van der Waals surface area contributed by atoms with Crippen molar-refractivity contribution >= 4 is 47.8 Å². The van der Waals surface area contributed by atoms with Crippen LogP contribution in [0.15, 0.2) is 43.7 Å². The first kappa shape index (κ1) is 15.3. The lowest BCUT2D eigenvalue weighted by atomic mass is 10.0. The summed E-state index contributed by atoms with van der Waals surface area (Å²) < 4.78 is 3.55. The van der Waals surface area contributed by atoms with Crippen molar-refractivity contribution in [3.05, 3.63) is 66.0 Å². The maximum Gasteiger partial charge on any atom is 0.0210 e. The lowest BCUT2D eigenvalue weighted by Crippen LogP contribution is -1.94. The van der Waals surface area contributed by atoms with E-state index in [1.54, 1.807) is 0 Å². The second kappa shape index (κ2) is 6.55. The summed E-state index contributed by atoms with van der Waals surface area (Å²) in [5, 5.41) is 0. The monoisotopic (exact) mass is 444 g/mol. The summed E-state index contributed by atoms with van der Waals surface area (Å²) in [6.07, 6.45) is 2.10. The lowest BCUT2D eigenvalue weighted by molar-refractivity contribution is 0.949. The molecule has 0 aromatic heterocycles. The average molecular weight is 447 g/mol. The van der Waals surface area contributed by atoms with Gasteiger partial charge in [0.25, 0.3) is 0 Å². The molecule has 0 radical (unpaired) electrons. The van der Waals surface area contributed by atoms with Crippen LogP contribution in [-0.2, 0) is 12.8 Å². The number of benzene rings is 2. The van der Waals surface area contributed by atoms with Crippen molar-refractivity contribution in [2.75, 3.05) is 0 Å². The van der Waals surface area contributed by atoms with Crippen molar-refractivity contribution in [2.45, 2.75) is 26.7 Å². The number of hydrogen-bond donors (Lipinski definition) is 0. The zero-order chi connectivity index (χ0) is 14.0. The molecule has 19 heavy (non-hydrogen) atoms. The second-order valence-corrected chi connectivity index (χ2v) is 7.34. The summed E-state index contributed by atoms with van der Waals surface area (Å²) in [5.74, 6) is 0. The molecule has 2 aromatic carbocycles. The molecule has 0 bridgehead atoms. The van der Waals surface area contributed by atoms with Crippen molar-refractivity contribution in [2.24, 2.45) is 0 Å². The molecule has 0 amide bonds. The molecule has 2 aromatic rings. The fourth-order valence-electron chi connectivity index (χ4n) is 2.02. The third kappa shape index (κ3) is 3.93. The molecule has 0 aliphatic rings. The molecule has 0 unspecified atom stereocenters. The van der Waals surface area contributed by atoms with Gasteiger partial charge >= 0.3 is 0 Å². The van der Waals surface area contributed by atoms with Crippen LogP contribution in [-0.4, -0.2) is 0 Å². The molecule has 0 saturated heterocycles.